The molecule has 0 atom stereocenters. The first-order valence-electron chi connectivity index (χ1n) is 5.99. The number of benzene rings is 1. The Bertz CT molecular complexity index is 361. The molecule has 1 aromatic carbocycles. The highest BCUT2D eigenvalue weighted by Crippen LogP contribution is 2.25. The van der Waals surface area contributed by atoms with E-state index in [1.165, 1.54) is 24.8 Å². The molecule has 1 saturated carbocycles. The third kappa shape index (κ3) is 2.63. The second-order valence-corrected chi connectivity index (χ2v) is 4.26. The van der Waals surface area contributed by atoms with Gasteiger partial charge in [-0.25, -0.2) is 5.12 Å². The third-order valence-corrected chi connectivity index (χ3v) is 3.12. The van der Waals surface area contributed by atoms with Gasteiger partial charge < -0.3 is 0 Å². The van der Waals surface area contributed by atoms with E-state index in [2.05, 4.69) is 6.08 Å². The highest BCUT2D eigenvalue weighted by Gasteiger charge is 2.07. The van der Waals surface area contributed by atoms with E-state index in [-0.39, 0.29) is 0 Å². The monoisotopic (exact) mass is 219 g/mol. The molecular weight excluding hydrogens is 201 g/mol. The van der Waals surface area contributed by atoms with Crippen LogP contribution in [0.15, 0.2) is 35.9 Å². The quantitative estimate of drug-likeness (QED) is 0.545. The Morgan fingerprint density at radius 1 is 1.25 bits per heavy atom. The molecule has 1 nitrogen and oxygen atoms in total. The molecule has 0 heterocycles. The van der Waals surface area contributed by atoms with Gasteiger partial charge in [-0.15, -0.1) is 0 Å². The molecule has 86 valence electrons. The zero-order valence-corrected chi connectivity index (χ0v) is 9.75. The maximum Gasteiger partial charge on any atom is 0.0687 e. The van der Waals surface area contributed by atoms with Crippen LogP contribution < -0.4 is 5.12 Å². The van der Waals surface area contributed by atoms with Crippen molar-refractivity contribution in [3.8, 4) is 0 Å². The van der Waals surface area contributed by atoms with Gasteiger partial charge >= 0.3 is 0 Å². The van der Waals surface area contributed by atoms with Gasteiger partial charge in [-0.3, -0.25) is 0 Å². The molecule has 0 N–H and O–H groups in total. The van der Waals surface area contributed by atoms with Gasteiger partial charge in [0.05, 0.1) is 5.69 Å². The van der Waals surface area contributed by atoms with E-state index >= 15 is 0 Å². The molecular formula is C14H18FN. The lowest BCUT2D eigenvalue weighted by atomic mass is 9.91. The topological polar surface area (TPSA) is 3.24 Å². The second-order valence-electron chi connectivity index (χ2n) is 4.26. The van der Waals surface area contributed by atoms with Crippen molar-refractivity contribution >= 4 is 5.69 Å². The van der Waals surface area contributed by atoms with Crippen molar-refractivity contribution in [2.75, 3.05) is 11.7 Å². The Morgan fingerprint density at radius 3 is 2.44 bits per heavy atom. The van der Waals surface area contributed by atoms with Crippen LogP contribution in [0, 0.1) is 0 Å². The molecule has 0 aromatic heterocycles. The Morgan fingerprint density at radius 2 is 1.94 bits per heavy atom. The van der Waals surface area contributed by atoms with E-state index in [4.69, 9.17) is 0 Å². The maximum atomic E-state index is 13.2. The predicted octanol–water partition coefficient (Wildman–Crippen LogP) is 4.05. The van der Waals surface area contributed by atoms with Gasteiger partial charge in [0.15, 0.2) is 0 Å². The van der Waals surface area contributed by atoms with Crippen molar-refractivity contribution in [3.05, 3.63) is 41.5 Å². The summed E-state index contributed by atoms with van der Waals surface area (Å²) in [7, 11) is 0. The lowest BCUT2D eigenvalue weighted by Crippen LogP contribution is -2.09. The van der Waals surface area contributed by atoms with Crippen LogP contribution >= 0.6 is 0 Å². The average Bonchev–Trinajstić information content (AvgIpc) is 2.27. The van der Waals surface area contributed by atoms with E-state index in [1.54, 1.807) is 12.5 Å². The summed E-state index contributed by atoms with van der Waals surface area (Å²) in [5, 5.41) is 0.758. The fourth-order valence-electron chi connectivity index (χ4n) is 1.82. The molecule has 1 aromatic rings. The molecule has 0 amide bonds. The molecule has 0 aliphatic heterocycles. The van der Waals surface area contributed by atoms with E-state index in [0.29, 0.717) is 12.2 Å². The fraction of sp³-hybridized carbons (Fsp3) is 0.429. The first-order valence-corrected chi connectivity index (χ1v) is 5.99. The van der Waals surface area contributed by atoms with Gasteiger partial charge in [0, 0.05) is 6.54 Å². The van der Waals surface area contributed by atoms with E-state index in [0.717, 1.165) is 11.5 Å². The molecule has 1 aliphatic rings. The third-order valence-electron chi connectivity index (χ3n) is 3.12. The normalized spacial score (nSPS) is 14.5. The summed E-state index contributed by atoms with van der Waals surface area (Å²) in [6.07, 6.45) is 7.18. The minimum atomic E-state index is 0.392. The summed E-state index contributed by atoms with van der Waals surface area (Å²) < 4.78 is 13.2. The largest absolute Gasteiger partial charge is 0.212 e. The molecule has 2 heteroatoms. The van der Waals surface area contributed by atoms with Crippen molar-refractivity contribution in [3.63, 3.8) is 0 Å². The molecule has 0 saturated heterocycles. The van der Waals surface area contributed by atoms with E-state index < -0.39 is 0 Å². The molecule has 2 rings (SSSR count). The van der Waals surface area contributed by atoms with E-state index in [1.807, 2.05) is 24.3 Å². The molecule has 1 aliphatic carbocycles. The smallest absolute Gasteiger partial charge is 0.0687 e. The van der Waals surface area contributed by atoms with Crippen LogP contribution in [0.1, 0.15) is 31.7 Å². The lowest BCUT2D eigenvalue weighted by Gasteiger charge is -2.16. The number of anilines is 1. The zero-order chi connectivity index (χ0) is 11.4. The molecule has 1 fully saturated rings. The molecule has 0 spiro atoms. The van der Waals surface area contributed by atoms with Crippen molar-refractivity contribution in [2.45, 2.75) is 32.6 Å². The van der Waals surface area contributed by atoms with Gasteiger partial charge in [-0.1, -0.05) is 28.3 Å². The Labute approximate surface area is 96.5 Å². The number of allylic oxidation sites excluding steroid dienone is 2. The zero-order valence-electron chi connectivity index (χ0n) is 9.75. The van der Waals surface area contributed by atoms with Crippen LogP contribution in [-0.4, -0.2) is 6.54 Å². The maximum absolute atomic E-state index is 13.2. The number of nitrogens with zero attached hydrogens (tertiary/aromatic N) is 1. The van der Waals surface area contributed by atoms with Crippen molar-refractivity contribution < 1.29 is 4.48 Å². The summed E-state index contributed by atoms with van der Waals surface area (Å²) in [6, 6.07) is 7.71. The summed E-state index contributed by atoms with van der Waals surface area (Å²) in [5.74, 6) is 0. The first kappa shape index (κ1) is 11.2. The first-order chi connectivity index (χ1) is 7.79. The van der Waals surface area contributed by atoms with Crippen LogP contribution in [0.2, 0.25) is 0 Å². The lowest BCUT2D eigenvalue weighted by molar-refractivity contribution is 0.444. The van der Waals surface area contributed by atoms with Gasteiger partial charge in [-0.05, 0) is 50.3 Å². The van der Waals surface area contributed by atoms with E-state index in [9.17, 15) is 4.48 Å². The summed E-state index contributed by atoms with van der Waals surface area (Å²) >= 11 is 0. The van der Waals surface area contributed by atoms with Crippen LogP contribution in [0.25, 0.3) is 0 Å². The summed E-state index contributed by atoms with van der Waals surface area (Å²) in [6.45, 7) is 2.19. The number of hydrogen-bond donors (Lipinski definition) is 0. The van der Waals surface area contributed by atoms with Gasteiger partial charge in [-0.2, -0.15) is 0 Å². The van der Waals surface area contributed by atoms with Crippen LogP contribution in [-0.2, 0) is 6.42 Å². The van der Waals surface area contributed by atoms with Gasteiger partial charge in [0.25, 0.3) is 0 Å². The van der Waals surface area contributed by atoms with Gasteiger partial charge in [0.2, 0.25) is 0 Å². The standard InChI is InChI=1S/C14H18FN/c1-2-16(15)14-10-8-13(9-11-14)7-6-12-4-3-5-12/h6,8-11H,2-5,7H2,1H3. The molecule has 16 heavy (non-hydrogen) atoms. The number of halogens is 1. The predicted molar refractivity (Wildman–Crippen MR) is 66.2 cm³/mol. The van der Waals surface area contributed by atoms with Crippen molar-refractivity contribution in [1.82, 2.24) is 0 Å². The molecule has 0 radical (unpaired) electrons. The highest BCUT2D eigenvalue weighted by atomic mass is 19.2. The molecule has 0 unspecified atom stereocenters. The Kier molecular flexibility index (Phi) is 3.60. The van der Waals surface area contributed by atoms with Crippen LogP contribution in [0.4, 0.5) is 10.2 Å². The minimum Gasteiger partial charge on any atom is -0.212 e. The molecule has 0 bridgehead atoms. The average molecular weight is 219 g/mol. The Balaban J connectivity index is 1.96. The highest BCUT2D eigenvalue weighted by molar-refractivity contribution is 5.45. The fourth-order valence-corrected chi connectivity index (χ4v) is 1.82. The van der Waals surface area contributed by atoms with Crippen LogP contribution in [0.5, 0.6) is 0 Å². The second kappa shape index (κ2) is 5.15. The Hall–Kier alpha value is -1.31. The van der Waals surface area contributed by atoms with Crippen molar-refractivity contribution in [1.29, 1.82) is 0 Å². The minimum absolute atomic E-state index is 0.392. The SMILES string of the molecule is CCN(F)c1ccc(CC=C2CCC2)cc1. The summed E-state index contributed by atoms with van der Waals surface area (Å²) in [5.41, 5.74) is 3.47. The summed E-state index contributed by atoms with van der Waals surface area (Å²) in [4.78, 5) is 0. The van der Waals surface area contributed by atoms with Crippen LogP contribution in [0.3, 0.4) is 0 Å². The van der Waals surface area contributed by atoms with Gasteiger partial charge in [0.1, 0.15) is 0 Å². The van der Waals surface area contributed by atoms with Crippen molar-refractivity contribution in [2.24, 2.45) is 0 Å². The number of rotatable bonds is 4. The number of hydrogen-bond acceptors (Lipinski definition) is 1.